The van der Waals surface area contributed by atoms with E-state index >= 15 is 0 Å². The third-order valence-electron chi connectivity index (χ3n) is 2.76. The highest BCUT2D eigenvalue weighted by Gasteiger charge is 2.11. The average molecular weight is 207 g/mol. The predicted octanol–water partition coefficient (Wildman–Crippen LogP) is 1.65. The quantitative estimate of drug-likeness (QED) is 0.789. The van der Waals surface area contributed by atoms with E-state index in [9.17, 15) is 4.79 Å². The molecule has 3 heteroatoms. The predicted molar refractivity (Wildman–Crippen MR) is 59.8 cm³/mol. The minimum atomic E-state index is -0.930. The largest absolute Gasteiger partial charge is 0.480 e. The number of carboxylic acid groups (broad SMARTS) is 1. The summed E-state index contributed by atoms with van der Waals surface area (Å²) in [7, 11) is 0. The Kier molecular flexibility index (Phi) is 3.86. The van der Waals surface area contributed by atoms with Crippen molar-refractivity contribution >= 4 is 5.97 Å². The van der Waals surface area contributed by atoms with Crippen LogP contribution in [0.4, 0.5) is 0 Å². The number of carbonyl (C=O) groups is 1. The van der Waals surface area contributed by atoms with Gasteiger partial charge in [-0.1, -0.05) is 18.2 Å². The average Bonchev–Trinajstić information content (AvgIpc) is 2.19. The van der Waals surface area contributed by atoms with Crippen LogP contribution in [0, 0.1) is 13.8 Å². The van der Waals surface area contributed by atoms with Gasteiger partial charge in [0.05, 0.1) is 0 Å². The van der Waals surface area contributed by atoms with Crippen molar-refractivity contribution in [3.63, 3.8) is 0 Å². The van der Waals surface area contributed by atoms with Crippen LogP contribution >= 0.6 is 0 Å². The van der Waals surface area contributed by atoms with E-state index in [1.807, 2.05) is 12.1 Å². The highest BCUT2D eigenvalue weighted by Crippen LogP contribution is 2.14. The normalized spacial score (nSPS) is 12.5. The molecule has 3 N–H and O–H groups in total. The molecular formula is C12H17NO2. The molecule has 0 bridgehead atoms. The van der Waals surface area contributed by atoms with Gasteiger partial charge in [-0.05, 0) is 43.4 Å². The maximum absolute atomic E-state index is 10.5. The number of hydrogen-bond donors (Lipinski definition) is 2. The first-order valence-electron chi connectivity index (χ1n) is 5.06. The maximum Gasteiger partial charge on any atom is 0.320 e. The lowest BCUT2D eigenvalue weighted by Crippen LogP contribution is -2.30. The second-order valence-electron chi connectivity index (χ2n) is 3.84. The third-order valence-corrected chi connectivity index (χ3v) is 2.76. The Bertz CT molecular complexity index is 361. The van der Waals surface area contributed by atoms with Gasteiger partial charge in [0.15, 0.2) is 0 Å². The number of nitrogens with two attached hydrogens (primary N) is 1. The maximum atomic E-state index is 10.5. The molecule has 1 aromatic rings. The molecule has 0 aliphatic rings. The van der Waals surface area contributed by atoms with E-state index < -0.39 is 12.0 Å². The monoisotopic (exact) mass is 207 g/mol. The summed E-state index contributed by atoms with van der Waals surface area (Å²) >= 11 is 0. The zero-order chi connectivity index (χ0) is 11.4. The van der Waals surface area contributed by atoms with Crippen LogP contribution in [0.15, 0.2) is 18.2 Å². The fourth-order valence-electron chi connectivity index (χ4n) is 1.52. The molecule has 0 amide bonds. The molecule has 1 aromatic carbocycles. The number of aryl methyl sites for hydroxylation is 2. The molecule has 0 aliphatic heterocycles. The molecular weight excluding hydrogens is 190 g/mol. The van der Waals surface area contributed by atoms with E-state index in [4.69, 9.17) is 10.8 Å². The molecule has 0 heterocycles. The van der Waals surface area contributed by atoms with Crippen LogP contribution in [-0.4, -0.2) is 17.1 Å². The molecule has 0 aliphatic carbocycles. The van der Waals surface area contributed by atoms with Crippen molar-refractivity contribution in [1.82, 2.24) is 0 Å². The SMILES string of the molecule is Cc1cccc(CCC(N)C(=O)O)c1C. The van der Waals surface area contributed by atoms with Crippen molar-refractivity contribution in [3.05, 3.63) is 34.9 Å². The van der Waals surface area contributed by atoms with Crippen LogP contribution in [0.3, 0.4) is 0 Å². The van der Waals surface area contributed by atoms with Crippen LogP contribution in [-0.2, 0) is 11.2 Å². The fraction of sp³-hybridized carbons (Fsp3) is 0.417. The number of rotatable bonds is 4. The summed E-state index contributed by atoms with van der Waals surface area (Å²) in [6.07, 6.45) is 1.21. The highest BCUT2D eigenvalue weighted by atomic mass is 16.4. The number of aliphatic carboxylic acids is 1. The van der Waals surface area contributed by atoms with Crippen molar-refractivity contribution < 1.29 is 9.90 Å². The molecule has 1 rings (SSSR count). The lowest BCUT2D eigenvalue weighted by Gasteiger charge is -2.10. The summed E-state index contributed by atoms with van der Waals surface area (Å²) < 4.78 is 0. The van der Waals surface area contributed by atoms with E-state index in [0.717, 1.165) is 6.42 Å². The van der Waals surface area contributed by atoms with Crippen molar-refractivity contribution in [1.29, 1.82) is 0 Å². The summed E-state index contributed by atoms with van der Waals surface area (Å²) in [5, 5.41) is 8.66. The lowest BCUT2D eigenvalue weighted by molar-refractivity contribution is -0.138. The van der Waals surface area contributed by atoms with Crippen molar-refractivity contribution in [3.8, 4) is 0 Å². The Labute approximate surface area is 89.9 Å². The Balaban J connectivity index is 2.66. The van der Waals surface area contributed by atoms with Crippen LogP contribution in [0.2, 0.25) is 0 Å². The lowest BCUT2D eigenvalue weighted by atomic mass is 9.98. The molecule has 1 atom stereocenters. The standard InChI is InChI=1S/C12H17NO2/c1-8-4-3-5-10(9(8)2)6-7-11(13)12(14)15/h3-5,11H,6-7,13H2,1-2H3,(H,14,15). The summed E-state index contributed by atoms with van der Waals surface area (Å²) in [6, 6.07) is 5.31. The van der Waals surface area contributed by atoms with Crippen molar-refractivity contribution in [2.75, 3.05) is 0 Å². The van der Waals surface area contributed by atoms with Gasteiger partial charge >= 0.3 is 5.97 Å². The third kappa shape index (κ3) is 3.06. The highest BCUT2D eigenvalue weighted by molar-refractivity contribution is 5.73. The molecule has 0 saturated carbocycles. The molecule has 0 radical (unpaired) electrons. The van der Waals surface area contributed by atoms with Gasteiger partial charge < -0.3 is 10.8 Å². The van der Waals surface area contributed by atoms with Crippen LogP contribution < -0.4 is 5.73 Å². The second kappa shape index (κ2) is 4.94. The van der Waals surface area contributed by atoms with Crippen LogP contribution in [0.1, 0.15) is 23.1 Å². The van der Waals surface area contributed by atoms with E-state index in [0.29, 0.717) is 6.42 Å². The summed E-state index contributed by atoms with van der Waals surface area (Å²) in [4.78, 5) is 10.5. The number of benzene rings is 1. The molecule has 82 valence electrons. The fourth-order valence-corrected chi connectivity index (χ4v) is 1.52. The first-order valence-corrected chi connectivity index (χ1v) is 5.06. The smallest absolute Gasteiger partial charge is 0.320 e. The molecule has 15 heavy (non-hydrogen) atoms. The summed E-state index contributed by atoms with van der Waals surface area (Å²) in [6.45, 7) is 4.10. The zero-order valence-corrected chi connectivity index (χ0v) is 9.16. The second-order valence-corrected chi connectivity index (χ2v) is 3.84. The van der Waals surface area contributed by atoms with E-state index in [1.165, 1.54) is 16.7 Å². The van der Waals surface area contributed by atoms with Gasteiger partial charge in [0.2, 0.25) is 0 Å². The molecule has 0 aromatic heterocycles. The van der Waals surface area contributed by atoms with Gasteiger partial charge in [-0.15, -0.1) is 0 Å². The molecule has 0 saturated heterocycles. The number of hydrogen-bond acceptors (Lipinski definition) is 2. The van der Waals surface area contributed by atoms with Gasteiger partial charge in [0.25, 0.3) is 0 Å². The Morgan fingerprint density at radius 2 is 2.13 bits per heavy atom. The van der Waals surface area contributed by atoms with Gasteiger partial charge in [-0.25, -0.2) is 0 Å². The zero-order valence-electron chi connectivity index (χ0n) is 9.16. The Hall–Kier alpha value is -1.35. The van der Waals surface area contributed by atoms with Gasteiger partial charge in [0, 0.05) is 0 Å². The van der Waals surface area contributed by atoms with Gasteiger partial charge in [0.1, 0.15) is 6.04 Å². The molecule has 3 nitrogen and oxygen atoms in total. The van der Waals surface area contributed by atoms with Gasteiger partial charge in [-0.3, -0.25) is 4.79 Å². The number of carboxylic acids is 1. The Morgan fingerprint density at radius 1 is 1.47 bits per heavy atom. The molecule has 0 spiro atoms. The minimum Gasteiger partial charge on any atom is -0.480 e. The first kappa shape index (κ1) is 11.7. The van der Waals surface area contributed by atoms with Crippen molar-refractivity contribution in [2.24, 2.45) is 5.73 Å². The minimum absolute atomic E-state index is 0.486. The van der Waals surface area contributed by atoms with Gasteiger partial charge in [-0.2, -0.15) is 0 Å². The summed E-state index contributed by atoms with van der Waals surface area (Å²) in [5.41, 5.74) is 9.10. The Morgan fingerprint density at radius 3 is 2.73 bits per heavy atom. The van der Waals surface area contributed by atoms with Crippen molar-refractivity contribution in [2.45, 2.75) is 32.7 Å². The van der Waals surface area contributed by atoms with E-state index in [2.05, 4.69) is 19.9 Å². The molecule has 1 unspecified atom stereocenters. The topological polar surface area (TPSA) is 63.3 Å². The van der Waals surface area contributed by atoms with Crippen LogP contribution in [0.5, 0.6) is 0 Å². The van der Waals surface area contributed by atoms with E-state index in [-0.39, 0.29) is 0 Å². The van der Waals surface area contributed by atoms with Crippen LogP contribution in [0.25, 0.3) is 0 Å². The molecule has 0 fully saturated rings. The summed E-state index contributed by atoms with van der Waals surface area (Å²) in [5.74, 6) is -0.930. The first-order chi connectivity index (χ1) is 7.02. The van der Waals surface area contributed by atoms with E-state index in [1.54, 1.807) is 0 Å².